The summed E-state index contributed by atoms with van der Waals surface area (Å²) in [6, 6.07) is 2.98. The smallest absolute Gasteiger partial charge is 0.355 e. The van der Waals surface area contributed by atoms with Crippen molar-refractivity contribution in [3.63, 3.8) is 0 Å². The average Bonchev–Trinajstić information content (AvgIpc) is 2.84. The Morgan fingerprint density at radius 3 is 2.31 bits per heavy atom. The topological polar surface area (TPSA) is 99.0 Å². The van der Waals surface area contributed by atoms with Gasteiger partial charge in [-0.2, -0.15) is 0 Å². The number of nitro groups is 1. The zero-order valence-electron chi connectivity index (χ0n) is 14.8. The summed E-state index contributed by atoms with van der Waals surface area (Å²) in [5, 5.41) is 11.5. The molecule has 0 spiro atoms. The SMILES string of the molecule is COC(=O)C1=C(C(=O)OC)N(c2c([N+](=O)[O-])ccc(C)c2C)C=CC=C1. The number of methoxy groups -OCH3 is 2. The minimum absolute atomic E-state index is 0.0699. The monoisotopic (exact) mass is 358 g/mol. The van der Waals surface area contributed by atoms with Crippen molar-refractivity contribution < 1.29 is 24.0 Å². The summed E-state index contributed by atoms with van der Waals surface area (Å²) < 4.78 is 9.55. The Balaban J connectivity index is 2.86. The number of nitrogens with zero attached hydrogens (tertiary/aromatic N) is 2. The third-order valence-electron chi connectivity index (χ3n) is 4.01. The third kappa shape index (κ3) is 3.34. The third-order valence-corrected chi connectivity index (χ3v) is 4.01. The summed E-state index contributed by atoms with van der Waals surface area (Å²) in [5.41, 5.74) is 1.12. The number of aryl methyl sites for hydroxylation is 1. The predicted octanol–water partition coefficient (Wildman–Crippen LogP) is 2.70. The summed E-state index contributed by atoms with van der Waals surface area (Å²) >= 11 is 0. The fourth-order valence-electron chi connectivity index (χ4n) is 2.57. The lowest BCUT2D eigenvalue weighted by Gasteiger charge is -2.25. The van der Waals surface area contributed by atoms with Gasteiger partial charge < -0.3 is 14.4 Å². The number of hydrogen-bond acceptors (Lipinski definition) is 7. The van der Waals surface area contributed by atoms with Crippen LogP contribution in [0.25, 0.3) is 0 Å². The number of hydrogen-bond donors (Lipinski definition) is 0. The molecule has 26 heavy (non-hydrogen) atoms. The van der Waals surface area contributed by atoms with Crippen LogP contribution in [0.1, 0.15) is 11.1 Å². The molecule has 8 nitrogen and oxygen atoms in total. The van der Waals surface area contributed by atoms with E-state index in [-0.39, 0.29) is 22.6 Å². The van der Waals surface area contributed by atoms with E-state index in [1.807, 2.05) is 0 Å². The maximum absolute atomic E-state index is 12.4. The largest absolute Gasteiger partial charge is 0.465 e. The van der Waals surface area contributed by atoms with Crippen molar-refractivity contribution in [1.82, 2.24) is 0 Å². The van der Waals surface area contributed by atoms with Gasteiger partial charge in [0.1, 0.15) is 11.4 Å². The van der Waals surface area contributed by atoms with Crippen LogP contribution in [0, 0.1) is 24.0 Å². The second-order valence-corrected chi connectivity index (χ2v) is 5.45. The summed E-state index contributed by atoms with van der Waals surface area (Å²) in [6.45, 7) is 3.50. The van der Waals surface area contributed by atoms with Gasteiger partial charge in [-0.05, 0) is 37.1 Å². The normalized spacial score (nSPS) is 13.5. The number of esters is 2. The van der Waals surface area contributed by atoms with Crippen LogP contribution in [-0.2, 0) is 19.1 Å². The van der Waals surface area contributed by atoms with Crippen LogP contribution in [0.3, 0.4) is 0 Å². The predicted molar refractivity (Wildman–Crippen MR) is 94.4 cm³/mol. The van der Waals surface area contributed by atoms with Crippen molar-refractivity contribution in [3.05, 3.63) is 69.1 Å². The molecule has 0 aliphatic carbocycles. The number of benzene rings is 1. The summed E-state index contributed by atoms with van der Waals surface area (Å²) in [4.78, 5) is 36.9. The van der Waals surface area contributed by atoms with E-state index in [0.717, 1.165) is 12.7 Å². The maximum Gasteiger partial charge on any atom is 0.355 e. The van der Waals surface area contributed by atoms with Crippen LogP contribution in [0.4, 0.5) is 11.4 Å². The van der Waals surface area contributed by atoms with Gasteiger partial charge in [0, 0.05) is 12.3 Å². The fraction of sp³-hybridized carbons (Fsp3) is 0.222. The molecule has 1 heterocycles. The Labute approximate surface area is 150 Å². The second kappa shape index (κ2) is 7.64. The number of ether oxygens (including phenoxy) is 2. The molecule has 0 atom stereocenters. The lowest BCUT2D eigenvalue weighted by atomic mass is 10.0. The van der Waals surface area contributed by atoms with E-state index >= 15 is 0 Å². The Morgan fingerprint density at radius 2 is 1.73 bits per heavy atom. The van der Waals surface area contributed by atoms with Crippen LogP contribution in [-0.4, -0.2) is 31.1 Å². The molecule has 8 heteroatoms. The molecule has 0 saturated heterocycles. The van der Waals surface area contributed by atoms with Crippen molar-refractivity contribution in [2.24, 2.45) is 0 Å². The number of rotatable bonds is 4. The van der Waals surface area contributed by atoms with Gasteiger partial charge in [0.05, 0.1) is 24.7 Å². The van der Waals surface area contributed by atoms with Crippen LogP contribution in [0.15, 0.2) is 47.8 Å². The summed E-state index contributed by atoms with van der Waals surface area (Å²) in [7, 11) is 2.35. The highest BCUT2D eigenvalue weighted by molar-refractivity contribution is 6.06. The van der Waals surface area contributed by atoms with Crippen LogP contribution in [0.5, 0.6) is 0 Å². The van der Waals surface area contributed by atoms with Gasteiger partial charge in [-0.3, -0.25) is 10.1 Å². The van der Waals surface area contributed by atoms with Crippen molar-refractivity contribution >= 4 is 23.3 Å². The quantitative estimate of drug-likeness (QED) is 0.463. The van der Waals surface area contributed by atoms with Gasteiger partial charge >= 0.3 is 11.9 Å². The Kier molecular flexibility index (Phi) is 5.56. The maximum atomic E-state index is 12.4. The number of carbonyl (C=O) groups is 2. The summed E-state index contributed by atoms with van der Waals surface area (Å²) in [5.74, 6) is -1.58. The van der Waals surface area contributed by atoms with E-state index in [2.05, 4.69) is 0 Å². The van der Waals surface area contributed by atoms with Gasteiger partial charge in [0.2, 0.25) is 0 Å². The molecule has 0 aromatic heterocycles. The molecule has 0 amide bonds. The first-order valence-corrected chi connectivity index (χ1v) is 7.63. The minimum Gasteiger partial charge on any atom is -0.465 e. The molecule has 0 fully saturated rings. The molecule has 136 valence electrons. The molecule has 1 aliphatic heterocycles. The van der Waals surface area contributed by atoms with Crippen molar-refractivity contribution in [2.75, 3.05) is 19.1 Å². The summed E-state index contributed by atoms with van der Waals surface area (Å²) in [6.07, 6.45) is 5.95. The van der Waals surface area contributed by atoms with E-state index in [1.54, 1.807) is 26.0 Å². The fourth-order valence-corrected chi connectivity index (χ4v) is 2.57. The molecule has 0 bridgehead atoms. The highest BCUT2D eigenvalue weighted by atomic mass is 16.6. The first-order valence-electron chi connectivity index (χ1n) is 7.63. The first-order chi connectivity index (χ1) is 12.3. The molecule has 0 unspecified atom stereocenters. The van der Waals surface area contributed by atoms with Gasteiger partial charge in [-0.25, -0.2) is 9.59 Å². The van der Waals surface area contributed by atoms with Crippen LogP contribution < -0.4 is 4.90 Å². The van der Waals surface area contributed by atoms with Gasteiger partial charge in [0.15, 0.2) is 0 Å². The zero-order valence-corrected chi connectivity index (χ0v) is 14.8. The molecular weight excluding hydrogens is 340 g/mol. The van der Waals surface area contributed by atoms with Crippen molar-refractivity contribution in [3.8, 4) is 0 Å². The van der Waals surface area contributed by atoms with Crippen LogP contribution >= 0.6 is 0 Å². The van der Waals surface area contributed by atoms with E-state index < -0.39 is 16.9 Å². The average molecular weight is 358 g/mol. The zero-order chi connectivity index (χ0) is 19.4. The Bertz CT molecular complexity index is 867. The van der Waals surface area contributed by atoms with E-state index in [0.29, 0.717) is 5.56 Å². The molecule has 1 aliphatic rings. The van der Waals surface area contributed by atoms with E-state index in [4.69, 9.17) is 9.47 Å². The van der Waals surface area contributed by atoms with Crippen molar-refractivity contribution in [1.29, 1.82) is 0 Å². The number of allylic oxidation sites excluding steroid dienone is 2. The molecule has 2 rings (SSSR count). The highest BCUT2D eigenvalue weighted by Gasteiger charge is 2.32. The molecular formula is C18H18N2O6. The molecule has 1 aromatic carbocycles. The van der Waals surface area contributed by atoms with Crippen molar-refractivity contribution in [2.45, 2.75) is 13.8 Å². The lowest BCUT2D eigenvalue weighted by Crippen LogP contribution is -2.28. The van der Waals surface area contributed by atoms with Gasteiger partial charge in [-0.15, -0.1) is 0 Å². The van der Waals surface area contributed by atoms with Crippen LogP contribution in [0.2, 0.25) is 0 Å². The number of carbonyl (C=O) groups excluding carboxylic acids is 2. The van der Waals surface area contributed by atoms with Gasteiger partial charge in [-0.1, -0.05) is 12.1 Å². The first kappa shape index (κ1) is 18.9. The molecule has 0 radical (unpaired) electrons. The molecule has 0 saturated carbocycles. The second-order valence-electron chi connectivity index (χ2n) is 5.45. The van der Waals surface area contributed by atoms with E-state index in [1.165, 1.54) is 36.4 Å². The standard InChI is InChI=1S/C18H18N2O6/c1-11-8-9-14(20(23)24)15(12(11)2)19-10-6-5-7-13(17(21)25-3)16(19)18(22)26-4/h5-10H,1-4H3. The van der Waals surface area contributed by atoms with E-state index in [9.17, 15) is 19.7 Å². The molecule has 1 aromatic rings. The Hall–Kier alpha value is -3.42. The lowest BCUT2D eigenvalue weighted by molar-refractivity contribution is -0.384. The number of anilines is 1. The van der Waals surface area contributed by atoms with Gasteiger partial charge in [0.25, 0.3) is 5.69 Å². The minimum atomic E-state index is -0.822. The number of nitro benzene ring substituents is 1. The highest BCUT2D eigenvalue weighted by Crippen LogP contribution is 2.37. The Morgan fingerprint density at radius 1 is 1.08 bits per heavy atom. The molecule has 0 N–H and O–H groups in total.